The van der Waals surface area contributed by atoms with Crippen LogP contribution >= 0.6 is 0 Å². The number of piperazine rings is 1. The monoisotopic (exact) mass is 395 g/mol. The zero-order chi connectivity index (χ0) is 19.6. The van der Waals surface area contributed by atoms with Crippen LogP contribution in [0.3, 0.4) is 0 Å². The van der Waals surface area contributed by atoms with Gasteiger partial charge in [-0.1, -0.05) is 0 Å². The van der Waals surface area contributed by atoms with Gasteiger partial charge < -0.3 is 19.4 Å². The molecule has 2 aromatic rings. The molecule has 2 fully saturated rings. The Morgan fingerprint density at radius 1 is 0.828 bits per heavy atom. The van der Waals surface area contributed by atoms with Gasteiger partial charge >= 0.3 is 0 Å². The van der Waals surface area contributed by atoms with E-state index in [1.165, 1.54) is 24.1 Å². The van der Waals surface area contributed by atoms with Crippen LogP contribution in [-0.2, 0) is 17.6 Å². The lowest BCUT2D eigenvalue weighted by Gasteiger charge is -2.37. The van der Waals surface area contributed by atoms with Gasteiger partial charge in [0, 0.05) is 62.3 Å². The van der Waals surface area contributed by atoms with Gasteiger partial charge in [0.1, 0.15) is 18.0 Å². The minimum Gasteiger partial charge on any atom is -0.378 e. The van der Waals surface area contributed by atoms with E-state index >= 15 is 0 Å². The predicted molar refractivity (Wildman–Crippen MR) is 113 cm³/mol. The molecular weight excluding hydrogens is 366 g/mol. The van der Waals surface area contributed by atoms with E-state index < -0.39 is 0 Å². The lowest BCUT2D eigenvalue weighted by atomic mass is 9.96. The summed E-state index contributed by atoms with van der Waals surface area (Å²) >= 11 is 0. The molecule has 2 aromatic heterocycles. The van der Waals surface area contributed by atoms with E-state index in [4.69, 9.17) is 14.7 Å². The van der Waals surface area contributed by atoms with Gasteiger partial charge in [-0.25, -0.2) is 15.0 Å². The van der Waals surface area contributed by atoms with Gasteiger partial charge in [0.25, 0.3) is 0 Å². The second kappa shape index (κ2) is 8.10. The molecule has 5 rings (SSSR count). The van der Waals surface area contributed by atoms with Crippen LogP contribution in [-0.4, -0.2) is 72.4 Å². The summed E-state index contributed by atoms with van der Waals surface area (Å²) in [5.41, 5.74) is 3.64. The Hall–Kier alpha value is -2.48. The number of ether oxygens (including phenoxy) is 1. The van der Waals surface area contributed by atoms with Crippen LogP contribution in [0.15, 0.2) is 12.4 Å². The molecule has 2 aliphatic heterocycles. The molecule has 0 unspecified atom stereocenters. The Morgan fingerprint density at radius 2 is 1.59 bits per heavy atom. The summed E-state index contributed by atoms with van der Waals surface area (Å²) in [6.45, 7) is 9.06. The molecule has 8 nitrogen and oxygen atoms in total. The molecule has 3 aliphatic rings. The molecule has 0 amide bonds. The Bertz CT molecular complexity index is 860. The van der Waals surface area contributed by atoms with Gasteiger partial charge in [0.2, 0.25) is 5.95 Å². The van der Waals surface area contributed by atoms with Crippen LogP contribution in [0, 0.1) is 6.92 Å². The average Bonchev–Trinajstić information content (AvgIpc) is 2.79. The molecule has 0 N–H and O–H groups in total. The van der Waals surface area contributed by atoms with E-state index in [9.17, 15) is 0 Å². The Kier molecular flexibility index (Phi) is 5.18. The van der Waals surface area contributed by atoms with Crippen molar-refractivity contribution in [3.63, 3.8) is 0 Å². The first-order valence-corrected chi connectivity index (χ1v) is 10.8. The highest BCUT2D eigenvalue weighted by Gasteiger charge is 2.25. The molecule has 0 spiro atoms. The van der Waals surface area contributed by atoms with Gasteiger partial charge in [-0.3, -0.25) is 0 Å². The Morgan fingerprint density at radius 3 is 2.41 bits per heavy atom. The van der Waals surface area contributed by atoms with Gasteiger partial charge in [-0.15, -0.1) is 0 Å². The van der Waals surface area contributed by atoms with Crippen molar-refractivity contribution in [2.24, 2.45) is 0 Å². The molecule has 0 aromatic carbocycles. The smallest absolute Gasteiger partial charge is 0.227 e. The number of aromatic nitrogens is 4. The van der Waals surface area contributed by atoms with Crippen molar-refractivity contribution in [1.82, 2.24) is 19.9 Å². The predicted octanol–water partition coefficient (Wildman–Crippen LogP) is 1.62. The first-order valence-electron chi connectivity index (χ1n) is 10.8. The molecule has 29 heavy (non-hydrogen) atoms. The minimum atomic E-state index is 0.764. The van der Waals surface area contributed by atoms with Crippen molar-refractivity contribution in [1.29, 1.82) is 0 Å². The lowest BCUT2D eigenvalue weighted by molar-refractivity contribution is 0.122. The van der Waals surface area contributed by atoms with Crippen molar-refractivity contribution in [3.05, 3.63) is 29.3 Å². The molecule has 1 aliphatic carbocycles. The molecule has 4 heterocycles. The van der Waals surface area contributed by atoms with E-state index in [0.29, 0.717) is 0 Å². The van der Waals surface area contributed by atoms with Gasteiger partial charge in [-0.05, 0) is 32.6 Å². The number of fused-ring (bicyclic) bond motifs is 1. The van der Waals surface area contributed by atoms with Crippen LogP contribution in [0.2, 0.25) is 0 Å². The first kappa shape index (κ1) is 18.5. The number of morpholine rings is 1. The highest BCUT2D eigenvalue weighted by Crippen LogP contribution is 2.28. The van der Waals surface area contributed by atoms with Crippen LogP contribution in [0.25, 0.3) is 0 Å². The average molecular weight is 396 g/mol. The van der Waals surface area contributed by atoms with Crippen molar-refractivity contribution in [2.75, 3.05) is 67.2 Å². The molecule has 154 valence electrons. The Labute approximate surface area is 171 Å². The summed E-state index contributed by atoms with van der Waals surface area (Å²) in [6, 6.07) is 2.08. The van der Waals surface area contributed by atoms with Crippen molar-refractivity contribution in [2.45, 2.75) is 32.6 Å². The molecule has 0 atom stereocenters. The van der Waals surface area contributed by atoms with Gasteiger partial charge in [-0.2, -0.15) is 4.98 Å². The van der Waals surface area contributed by atoms with Crippen LogP contribution in [0.4, 0.5) is 17.6 Å². The van der Waals surface area contributed by atoms with Crippen LogP contribution in [0.1, 0.15) is 29.8 Å². The summed E-state index contributed by atoms with van der Waals surface area (Å²) < 4.78 is 5.48. The maximum Gasteiger partial charge on any atom is 0.227 e. The second-order valence-corrected chi connectivity index (χ2v) is 8.07. The number of anilines is 3. The second-order valence-electron chi connectivity index (χ2n) is 8.07. The summed E-state index contributed by atoms with van der Waals surface area (Å²) in [4.78, 5) is 25.8. The molecule has 0 radical (unpaired) electrons. The fourth-order valence-electron chi connectivity index (χ4n) is 4.53. The van der Waals surface area contributed by atoms with E-state index in [-0.39, 0.29) is 0 Å². The van der Waals surface area contributed by atoms with Crippen molar-refractivity contribution in [3.8, 4) is 0 Å². The largest absolute Gasteiger partial charge is 0.378 e. The van der Waals surface area contributed by atoms with E-state index in [2.05, 4.69) is 37.7 Å². The SMILES string of the molecule is Cc1cc(N2CCOCC2)nc(N2CCN(c3ncnc4c3CCCC4)CC2)n1. The number of rotatable bonds is 3. The molecule has 0 bridgehead atoms. The third-order valence-corrected chi connectivity index (χ3v) is 6.13. The van der Waals surface area contributed by atoms with Crippen LogP contribution < -0.4 is 14.7 Å². The number of hydrogen-bond acceptors (Lipinski definition) is 8. The van der Waals surface area contributed by atoms with Gasteiger partial charge in [0.05, 0.1) is 13.2 Å². The fourth-order valence-corrected chi connectivity index (χ4v) is 4.53. The summed E-state index contributed by atoms with van der Waals surface area (Å²) in [7, 11) is 0. The number of aryl methyl sites for hydroxylation is 2. The normalized spacial score (nSPS) is 20.0. The van der Waals surface area contributed by atoms with Crippen molar-refractivity contribution < 1.29 is 4.74 Å². The van der Waals surface area contributed by atoms with E-state index in [0.717, 1.165) is 88.6 Å². The first-order chi connectivity index (χ1) is 14.3. The van der Waals surface area contributed by atoms with Gasteiger partial charge in [0.15, 0.2) is 0 Å². The maximum absolute atomic E-state index is 5.48. The lowest BCUT2D eigenvalue weighted by Crippen LogP contribution is -2.48. The quantitative estimate of drug-likeness (QED) is 0.777. The fraction of sp³-hybridized carbons (Fsp3) is 0.619. The van der Waals surface area contributed by atoms with Crippen molar-refractivity contribution >= 4 is 17.6 Å². The molecule has 2 saturated heterocycles. The molecular formula is C21H29N7O. The zero-order valence-electron chi connectivity index (χ0n) is 17.2. The highest BCUT2D eigenvalue weighted by atomic mass is 16.5. The Balaban J connectivity index is 1.30. The topological polar surface area (TPSA) is 70.5 Å². The molecule has 0 saturated carbocycles. The van der Waals surface area contributed by atoms with E-state index in [1.807, 2.05) is 0 Å². The minimum absolute atomic E-state index is 0.764. The van der Waals surface area contributed by atoms with Crippen LogP contribution in [0.5, 0.6) is 0 Å². The number of nitrogens with zero attached hydrogens (tertiary/aromatic N) is 7. The standard InChI is InChI=1S/C21H29N7O/c1-16-14-19(26-10-12-29-13-11-26)25-21(24-16)28-8-6-27(7-9-28)20-17-4-2-3-5-18(17)22-15-23-20/h14-15H,2-13H2,1H3. The highest BCUT2D eigenvalue weighted by molar-refractivity contribution is 5.52. The third kappa shape index (κ3) is 3.85. The number of hydrogen-bond donors (Lipinski definition) is 0. The summed E-state index contributed by atoms with van der Waals surface area (Å²) in [5, 5.41) is 0. The summed E-state index contributed by atoms with van der Waals surface area (Å²) in [6.07, 6.45) is 6.42. The summed E-state index contributed by atoms with van der Waals surface area (Å²) in [5.74, 6) is 3.01. The molecule has 8 heteroatoms. The third-order valence-electron chi connectivity index (χ3n) is 6.13. The maximum atomic E-state index is 5.48. The zero-order valence-corrected chi connectivity index (χ0v) is 17.2. The van der Waals surface area contributed by atoms with E-state index in [1.54, 1.807) is 6.33 Å².